The molecular weight excluding hydrogens is 306 g/mol. The first-order valence-corrected chi connectivity index (χ1v) is 8.63. The number of hydrogen-bond donors (Lipinski definition) is 0. The van der Waals surface area contributed by atoms with E-state index in [0.717, 1.165) is 26.1 Å². The number of rotatable bonds is 11. The molecule has 0 radical (unpaired) electrons. The first kappa shape index (κ1) is 20.4. The summed E-state index contributed by atoms with van der Waals surface area (Å²) in [5.74, 6) is -0.195. The van der Waals surface area contributed by atoms with E-state index in [1.54, 1.807) is 0 Å². The highest BCUT2D eigenvalue weighted by molar-refractivity contribution is 7.08. The molecule has 1 aromatic rings. The molecule has 0 aliphatic carbocycles. The van der Waals surface area contributed by atoms with Crippen molar-refractivity contribution >= 4 is 29.7 Å². The van der Waals surface area contributed by atoms with Crippen LogP contribution in [0.25, 0.3) is 0 Å². The molecular formula is C16H28ClNO2S. The van der Waals surface area contributed by atoms with Crippen molar-refractivity contribution in [2.75, 3.05) is 26.2 Å². The van der Waals surface area contributed by atoms with Crippen LogP contribution in [-0.4, -0.2) is 37.1 Å². The van der Waals surface area contributed by atoms with E-state index in [2.05, 4.69) is 18.7 Å². The fourth-order valence-corrected chi connectivity index (χ4v) is 2.64. The van der Waals surface area contributed by atoms with Crippen LogP contribution < -0.4 is 0 Å². The van der Waals surface area contributed by atoms with Crippen LogP contribution in [0.1, 0.15) is 56.3 Å². The zero-order valence-corrected chi connectivity index (χ0v) is 14.8. The number of esters is 1. The minimum Gasteiger partial charge on any atom is -0.462 e. The van der Waals surface area contributed by atoms with Gasteiger partial charge in [0.15, 0.2) is 0 Å². The molecule has 0 unspecified atom stereocenters. The fraction of sp³-hybridized carbons (Fsp3) is 0.688. The molecule has 0 fully saturated rings. The van der Waals surface area contributed by atoms with Crippen LogP contribution in [0.3, 0.4) is 0 Å². The molecule has 3 nitrogen and oxygen atoms in total. The first-order chi connectivity index (χ1) is 9.77. The molecule has 0 N–H and O–H groups in total. The zero-order chi connectivity index (χ0) is 14.6. The molecule has 0 aliphatic rings. The molecule has 1 aromatic heterocycles. The number of ether oxygens (including phenoxy) is 1. The van der Waals surface area contributed by atoms with Crippen molar-refractivity contribution in [2.45, 2.75) is 46.0 Å². The Morgan fingerprint density at radius 3 is 2.29 bits per heavy atom. The lowest BCUT2D eigenvalue weighted by Crippen LogP contribution is -2.28. The third-order valence-electron chi connectivity index (χ3n) is 3.26. The predicted octanol–water partition coefficient (Wildman–Crippen LogP) is 4.62. The van der Waals surface area contributed by atoms with E-state index in [-0.39, 0.29) is 18.4 Å². The summed E-state index contributed by atoms with van der Waals surface area (Å²) in [7, 11) is 0. The van der Waals surface area contributed by atoms with Crippen LogP contribution in [0, 0.1) is 0 Å². The number of halogens is 1. The summed E-state index contributed by atoms with van der Waals surface area (Å²) in [6.45, 7) is 8.31. The maximum absolute atomic E-state index is 11.7. The van der Waals surface area contributed by atoms with Gasteiger partial charge in [-0.25, -0.2) is 4.79 Å². The summed E-state index contributed by atoms with van der Waals surface area (Å²) in [4.78, 5) is 14.2. The maximum atomic E-state index is 11.7. The minimum absolute atomic E-state index is 0. The Labute approximate surface area is 139 Å². The Hall–Kier alpha value is -0.580. The summed E-state index contributed by atoms with van der Waals surface area (Å²) < 4.78 is 5.29. The summed E-state index contributed by atoms with van der Waals surface area (Å²) in [6, 6.07) is 1.81. The average Bonchev–Trinajstić information content (AvgIpc) is 2.99. The van der Waals surface area contributed by atoms with Crippen molar-refractivity contribution in [2.24, 2.45) is 0 Å². The highest BCUT2D eigenvalue weighted by atomic mass is 35.5. The largest absolute Gasteiger partial charge is 0.462 e. The van der Waals surface area contributed by atoms with Crippen LogP contribution in [0.5, 0.6) is 0 Å². The number of thiophene rings is 1. The summed E-state index contributed by atoms with van der Waals surface area (Å²) >= 11 is 1.52. The molecule has 0 aliphatic heterocycles. The van der Waals surface area contributed by atoms with Gasteiger partial charge in [0.05, 0.1) is 12.2 Å². The molecule has 0 amide bonds. The molecule has 0 bridgehead atoms. The standard InChI is InChI=1S/C16H27NO2S.ClH/c1-3-5-9-17(10-6-4-2)11-7-12-19-16(18)15-8-13-20-14-15;/h8,13-14H,3-7,9-12H2,1-2H3;1H. The Morgan fingerprint density at radius 1 is 1.14 bits per heavy atom. The second kappa shape index (κ2) is 13.1. The monoisotopic (exact) mass is 333 g/mol. The smallest absolute Gasteiger partial charge is 0.338 e. The van der Waals surface area contributed by atoms with Gasteiger partial charge in [0.2, 0.25) is 0 Å². The molecule has 0 aromatic carbocycles. The van der Waals surface area contributed by atoms with Crippen molar-refractivity contribution in [3.63, 3.8) is 0 Å². The van der Waals surface area contributed by atoms with E-state index in [4.69, 9.17) is 4.74 Å². The highest BCUT2D eigenvalue weighted by Crippen LogP contribution is 2.08. The number of nitrogens with zero attached hydrogens (tertiary/aromatic N) is 1. The lowest BCUT2D eigenvalue weighted by Gasteiger charge is -2.21. The van der Waals surface area contributed by atoms with E-state index in [1.807, 2.05) is 16.8 Å². The molecule has 1 heterocycles. The van der Waals surface area contributed by atoms with Gasteiger partial charge in [-0.2, -0.15) is 11.3 Å². The van der Waals surface area contributed by atoms with Crippen molar-refractivity contribution in [3.05, 3.63) is 22.4 Å². The van der Waals surface area contributed by atoms with Crippen LogP contribution in [0.4, 0.5) is 0 Å². The van der Waals surface area contributed by atoms with Crippen LogP contribution >= 0.6 is 23.7 Å². The second-order valence-electron chi connectivity index (χ2n) is 5.05. The molecule has 21 heavy (non-hydrogen) atoms. The molecule has 0 saturated heterocycles. The lowest BCUT2D eigenvalue weighted by molar-refractivity contribution is 0.0488. The van der Waals surface area contributed by atoms with Crippen molar-refractivity contribution in [1.29, 1.82) is 0 Å². The molecule has 0 atom stereocenters. The minimum atomic E-state index is -0.195. The van der Waals surface area contributed by atoms with E-state index in [1.165, 1.54) is 37.0 Å². The van der Waals surface area contributed by atoms with Gasteiger partial charge in [-0.15, -0.1) is 12.4 Å². The highest BCUT2D eigenvalue weighted by Gasteiger charge is 2.08. The van der Waals surface area contributed by atoms with E-state index >= 15 is 0 Å². The summed E-state index contributed by atoms with van der Waals surface area (Å²) in [5, 5.41) is 3.73. The Morgan fingerprint density at radius 2 is 1.76 bits per heavy atom. The third kappa shape index (κ3) is 9.12. The van der Waals surface area contributed by atoms with Gasteiger partial charge in [-0.1, -0.05) is 26.7 Å². The number of carbonyl (C=O) groups is 1. The second-order valence-corrected chi connectivity index (χ2v) is 5.83. The molecule has 0 spiro atoms. The SMILES string of the molecule is CCCCN(CCCC)CCCOC(=O)c1ccsc1.Cl. The van der Waals surface area contributed by atoms with Crippen molar-refractivity contribution < 1.29 is 9.53 Å². The Balaban J connectivity index is 0.00000400. The quantitative estimate of drug-likeness (QED) is 0.437. The van der Waals surface area contributed by atoms with Crippen LogP contribution in [0.15, 0.2) is 16.8 Å². The van der Waals surface area contributed by atoms with Gasteiger partial charge in [-0.05, 0) is 43.8 Å². The van der Waals surface area contributed by atoms with Gasteiger partial charge in [-0.3, -0.25) is 0 Å². The van der Waals surface area contributed by atoms with Crippen molar-refractivity contribution in [3.8, 4) is 0 Å². The predicted molar refractivity (Wildman–Crippen MR) is 92.7 cm³/mol. The van der Waals surface area contributed by atoms with Gasteiger partial charge >= 0.3 is 5.97 Å². The topological polar surface area (TPSA) is 29.5 Å². The number of hydrogen-bond acceptors (Lipinski definition) is 4. The van der Waals surface area contributed by atoms with Gasteiger partial charge in [0.25, 0.3) is 0 Å². The molecule has 122 valence electrons. The maximum Gasteiger partial charge on any atom is 0.338 e. The van der Waals surface area contributed by atoms with E-state index in [9.17, 15) is 4.79 Å². The normalized spacial score (nSPS) is 10.4. The van der Waals surface area contributed by atoms with Crippen LogP contribution in [-0.2, 0) is 4.74 Å². The Kier molecular flexibility index (Phi) is 12.7. The van der Waals surface area contributed by atoms with Gasteiger partial charge in [0, 0.05) is 11.9 Å². The van der Waals surface area contributed by atoms with Crippen LogP contribution in [0.2, 0.25) is 0 Å². The van der Waals surface area contributed by atoms with Crippen molar-refractivity contribution in [1.82, 2.24) is 4.90 Å². The lowest BCUT2D eigenvalue weighted by atomic mass is 10.2. The average molecular weight is 334 g/mol. The van der Waals surface area contributed by atoms with Gasteiger partial charge < -0.3 is 9.64 Å². The molecule has 0 saturated carbocycles. The van der Waals surface area contributed by atoms with E-state index < -0.39 is 0 Å². The number of unbranched alkanes of at least 4 members (excludes halogenated alkanes) is 2. The van der Waals surface area contributed by atoms with E-state index in [0.29, 0.717) is 12.2 Å². The Bertz CT molecular complexity index is 349. The summed E-state index contributed by atoms with van der Waals surface area (Å²) in [5.41, 5.74) is 0.670. The zero-order valence-electron chi connectivity index (χ0n) is 13.2. The molecule has 1 rings (SSSR count). The fourth-order valence-electron chi connectivity index (χ4n) is 2.02. The van der Waals surface area contributed by atoms with Gasteiger partial charge in [0.1, 0.15) is 0 Å². The number of carbonyl (C=O) groups excluding carboxylic acids is 1. The summed E-state index contributed by atoms with van der Waals surface area (Å²) in [6.07, 6.45) is 5.88. The third-order valence-corrected chi connectivity index (χ3v) is 3.95. The first-order valence-electron chi connectivity index (χ1n) is 7.69. The molecule has 5 heteroatoms.